The van der Waals surface area contributed by atoms with Gasteiger partial charge in [0.2, 0.25) is 5.91 Å². The SMILES string of the molecule is CN(CC1(O)CCCC1)C(=O)CCCn1ccnn1. The average molecular weight is 266 g/mol. The molecule has 1 aliphatic carbocycles. The van der Waals surface area contributed by atoms with Crippen molar-refractivity contribution in [3.8, 4) is 0 Å². The largest absolute Gasteiger partial charge is 0.388 e. The van der Waals surface area contributed by atoms with Gasteiger partial charge in [-0.05, 0) is 19.3 Å². The van der Waals surface area contributed by atoms with Crippen LogP contribution in [0.15, 0.2) is 12.4 Å². The molecule has 0 aliphatic heterocycles. The maximum absolute atomic E-state index is 12.0. The third-order valence-corrected chi connectivity index (χ3v) is 3.74. The molecule has 1 amide bonds. The Labute approximate surface area is 113 Å². The van der Waals surface area contributed by atoms with Gasteiger partial charge in [0.1, 0.15) is 0 Å². The molecule has 106 valence electrons. The number of likely N-dealkylation sites (N-methyl/N-ethyl adjacent to an activating group) is 1. The van der Waals surface area contributed by atoms with Crippen LogP contribution < -0.4 is 0 Å². The maximum atomic E-state index is 12.0. The Kier molecular flexibility index (Phi) is 4.52. The molecule has 1 heterocycles. The van der Waals surface area contributed by atoms with E-state index in [9.17, 15) is 9.90 Å². The zero-order chi connectivity index (χ0) is 13.7. The lowest BCUT2D eigenvalue weighted by atomic mass is 10.0. The quantitative estimate of drug-likeness (QED) is 0.827. The van der Waals surface area contributed by atoms with Gasteiger partial charge < -0.3 is 10.0 Å². The Morgan fingerprint density at radius 1 is 1.47 bits per heavy atom. The monoisotopic (exact) mass is 266 g/mol. The third kappa shape index (κ3) is 4.02. The van der Waals surface area contributed by atoms with Crippen LogP contribution in [-0.2, 0) is 11.3 Å². The molecule has 0 spiro atoms. The highest BCUT2D eigenvalue weighted by Gasteiger charge is 2.33. The number of rotatable bonds is 6. The topological polar surface area (TPSA) is 71.2 Å². The van der Waals surface area contributed by atoms with Gasteiger partial charge in [0.15, 0.2) is 0 Å². The predicted octanol–water partition coefficient (Wildman–Crippen LogP) is 0.822. The molecule has 19 heavy (non-hydrogen) atoms. The molecule has 0 saturated heterocycles. The van der Waals surface area contributed by atoms with Gasteiger partial charge in [0.05, 0.1) is 11.8 Å². The van der Waals surface area contributed by atoms with Gasteiger partial charge >= 0.3 is 0 Å². The second-order valence-electron chi connectivity index (χ2n) is 5.45. The first-order valence-electron chi connectivity index (χ1n) is 6.89. The summed E-state index contributed by atoms with van der Waals surface area (Å²) in [5.74, 6) is 0.0837. The van der Waals surface area contributed by atoms with Crippen molar-refractivity contribution in [1.29, 1.82) is 0 Å². The van der Waals surface area contributed by atoms with Crippen molar-refractivity contribution in [2.24, 2.45) is 0 Å². The van der Waals surface area contributed by atoms with Crippen LogP contribution >= 0.6 is 0 Å². The smallest absolute Gasteiger partial charge is 0.222 e. The van der Waals surface area contributed by atoms with E-state index >= 15 is 0 Å². The molecule has 0 aromatic carbocycles. The number of carbonyl (C=O) groups excluding carboxylic acids is 1. The number of hydrogen-bond donors (Lipinski definition) is 1. The van der Waals surface area contributed by atoms with Crippen LogP contribution in [0.2, 0.25) is 0 Å². The number of aromatic nitrogens is 3. The third-order valence-electron chi connectivity index (χ3n) is 3.74. The number of aryl methyl sites for hydroxylation is 1. The summed E-state index contributed by atoms with van der Waals surface area (Å²) in [6.07, 6.45) is 8.37. The van der Waals surface area contributed by atoms with Gasteiger partial charge in [-0.1, -0.05) is 18.1 Å². The van der Waals surface area contributed by atoms with Gasteiger partial charge in [-0.25, -0.2) is 0 Å². The zero-order valence-corrected chi connectivity index (χ0v) is 11.5. The molecule has 1 N–H and O–H groups in total. The van der Waals surface area contributed by atoms with Crippen molar-refractivity contribution in [2.75, 3.05) is 13.6 Å². The first-order chi connectivity index (χ1) is 9.09. The van der Waals surface area contributed by atoms with Crippen LogP contribution in [0.3, 0.4) is 0 Å². The molecule has 0 radical (unpaired) electrons. The molecule has 0 bridgehead atoms. The van der Waals surface area contributed by atoms with E-state index < -0.39 is 5.60 Å². The van der Waals surface area contributed by atoms with Crippen molar-refractivity contribution in [1.82, 2.24) is 19.9 Å². The molecular weight excluding hydrogens is 244 g/mol. The van der Waals surface area contributed by atoms with E-state index in [1.165, 1.54) is 0 Å². The molecule has 0 atom stereocenters. The van der Waals surface area contributed by atoms with Crippen molar-refractivity contribution in [2.45, 2.75) is 50.7 Å². The van der Waals surface area contributed by atoms with Gasteiger partial charge in [-0.15, -0.1) is 5.10 Å². The predicted molar refractivity (Wildman–Crippen MR) is 70.3 cm³/mol. The number of hydrogen-bond acceptors (Lipinski definition) is 4. The van der Waals surface area contributed by atoms with E-state index in [0.717, 1.165) is 32.1 Å². The Bertz CT molecular complexity index is 399. The minimum atomic E-state index is -0.656. The van der Waals surface area contributed by atoms with Gasteiger partial charge in [-0.3, -0.25) is 9.48 Å². The van der Waals surface area contributed by atoms with Crippen LogP contribution in [0.4, 0.5) is 0 Å². The van der Waals surface area contributed by atoms with Crippen molar-refractivity contribution in [3.05, 3.63) is 12.4 Å². The normalized spacial score (nSPS) is 17.6. The van der Waals surface area contributed by atoms with E-state index in [1.54, 1.807) is 29.0 Å². The first kappa shape index (κ1) is 14.0. The van der Waals surface area contributed by atoms with Crippen molar-refractivity contribution < 1.29 is 9.90 Å². The molecule has 1 aromatic heterocycles. The molecule has 1 aromatic rings. The number of aliphatic hydroxyl groups is 1. The molecule has 1 aliphatic rings. The minimum absolute atomic E-state index is 0.0837. The standard InChI is InChI=1S/C13H22N4O2/c1-16(11-13(19)6-2-3-7-13)12(18)5-4-9-17-10-8-14-15-17/h8,10,19H,2-7,9,11H2,1H3. The highest BCUT2D eigenvalue weighted by atomic mass is 16.3. The number of carbonyl (C=O) groups is 1. The average Bonchev–Trinajstić information content (AvgIpc) is 3.01. The summed E-state index contributed by atoms with van der Waals surface area (Å²) in [6.45, 7) is 1.15. The Hall–Kier alpha value is -1.43. The van der Waals surface area contributed by atoms with E-state index in [0.29, 0.717) is 19.5 Å². The van der Waals surface area contributed by atoms with Crippen LogP contribution in [0.5, 0.6) is 0 Å². The Morgan fingerprint density at radius 3 is 2.84 bits per heavy atom. The van der Waals surface area contributed by atoms with Gasteiger partial charge in [-0.2, -0.15) is 0 Å². The van der Waals surface area contributed by atoms with E-state index in [4.69, 9.17) is 0 Å². The summed E-state index contributed by atoms with van der Waals surface area (Å²) in [6, 6.07) is 0. The molecule has 6 nitrogen and oxygen atoms in total. The summed E-state index contributed by atoms with van der Waals surface area (Å²) in [7, 11) is 1.77. The second kappa shape index (κ2) is 6.14. The number of nitrogens with zero attached hydrogens (tertiary/aromatic N) is 4. The summed E-state index contributed by atoms with van der Waals surface area (Å²) in [4.78, 5) is 13.6. The second-order valence-corrected chi connectivity index (χ2v) is 5.45. The van der Waals surface area contributed by atoms with E-state index in [-0.39, 0.29) is 5.91 Å². The molecular formula is C13H22N4O2. The fourth-order valence-corrected chi connectivity index (χ4v) is 2.66. The summed E-state index contributed by atoms with van der Waals surface area (Å²) in [5, 5.41) is 17.8. The van der Waals surface area contributed by atoms with Gasteiger partial charge in [0.25, 0.3) is 0 Å². The molecule has 0 unspecified atom stereocenters. The van der Waals surface area contributed by atoms with Gasteiger partial charge in [0, 0.05) is 32.8 Å². The highest BCUT2D eigenvalue weighted by molar-refractivity contribution is 5.75. The fourth-order valence-electron chi connectivity index (χ4n) is 2.66. The molecule has 2 rings (SSSR count). The fraction of sp³-hybridized carbons (Fsp3) is 0.769. The van der Waals surface area contributed by atoms with E-state index in [2.05, 4.69) is 10.3 Å². The highest BCUT2D eigenvalue weighted by Crippen LogP contribution is 2.30. The summed E-state index contributed by atoms with van der Waals surface area (Å²) >= 11 is 0. The lowest BCUT2D eigenvalue weighted by molar-refractivity contribution is -0.133. The Balaban J connectivity index is 1.70. The lowest BCUT2D eigenvalue weighted by Crippen LogP contribution is -2.42. The maximum Gasteiger partial charge on any atom is 0.222 e. The van der Waals surface area contributed by atoms with Crippen LogP contribution in [-0.4, -0.2) is 50.1 Å². The molecule has 1 fully saturated rings. The van der Waals surface area contributed by atoms with Crippen molar-refractivity contribution >= 4 is 5.91 Å². The molecule has 1 saturated carbocycles. The number of amides is 1. The van der Waals surface area contributed by atoms with E-state index in [1.807, 2.05) is 0 Å². The van der Waals surface area contributed by atoms with Crippen LogP contribution in [0.25, 0.3) is 0 Å². The van der Waals surface area contributed by atoms with Crippen molar-refractivity contribution in [3.63, 3.8) is 0 Å². The lowest BCUT2D eigenvalue weighted by Gasteiger charge is -2.28. The minimum Gasteiger partial charge on any atom is -0.388 e. The summed E-state index contributed by atoms with van der Waals surface area (Å²) in [5.41, 5.74) is -0.656. The summed E-state index contributed by atoms with van der Waals surface area (Å²) < 4.78 is 1.72. The molecule has 6 heteroatoms. The Morgan fingerprint density at radius 2 is 2.21 bits per heavy atom. The first-order valence-corrected chi connectivity index (χ1v) is 6.89. The van der Waals surface area contributed by atoms with Crippen LogP contribution in [0.1, 0.15) is 38.5 Å². The zero-order valence-electron chi connectivity index (χ0n) is 11.5. The van der Waals surface area contributed by atoms with Crippen LogP contribution in [0, 0.1) is 0 Å².